The van der Waals surface area contributed by atoms with E-state index in [1.54, 1.807) is 0 Å². The number of aliphatic hydroxyl groups excluding tert-OH is 4. The van der Waals surface area contributed by atoms with Crippen LogP contribution in [0.15, 0.2) is 0 Å². The van der Waals surface area contributed by atoms with Gasteiger partial charge in [-0.25, -0.2) is 0 Å². The first-order valence-electron chi connectivity index (χ1n) is 36.2. The molecule has 4 unspecified atom stereocenters. The minimum atomic E-state index is -0.987. The molecule has 0 spiro atoms. The van der Waals surface area contributed by atoms with E-state index in [1.165, 1.54) is 231 Å². The SMILES string of the molecule is CCCCCCCCCCCCC(O)CCCCC(=O)[O-].CCCCCCCCCCCCC(O)CCCCC(=O)[O-].CCCCCCCCCCCCC(O)CCCCC(=O)[O-].CCCCCCCCCCCCC(O)CCCCC(=O)[O-].[Pb]. The van der Waals surface area contributed by atoms with Crippen molar-refractivity contribution < 1.29 is 60.0 Å². The van der Waals surface area contributed by atoms with Gasteiger partial charge in [0.1, 0.15) is 0 Å². The molecule has 0 aliphatic heterocycles. The smallest absolute Gasteiger partial charge is 0.0540 e. The zero-order valence-corrected chi connectivity index (χ0v) is 60.2. The first-order valence-corrected chi connectivity index (χ1v) is 36.2. The van der Waals surface area contributed by atoms with Crippen LogP contribution in [0.3, 0.4) is 0 Å². The molecule has 508 valence electrons. The number of carboxylic acid groups (broad SMARTS) is 4. The van der Waals surface area contributed by atoms with E-state index in [2.05, 4.69) is 27.7 Å². The molecule has 0 rings (SSSR count). The minimum absolute atomic E-state index is 0. The maximum atomic E-state index is 10.2. The molecule has 0 aromatic heterocycles. The number of aliphatic carboxylic acids is 4. The fourth-order valence-corrected chi connectivity index (χ4v) is 10.6. The number of hydrogen-bond donors (Lipinski definition) is 4. The molecule has 0 amide bonds. The molecule has 0 aromatic carbocycles. The van der Waals surface area contributed by atoms with E-state index in [4.69, 9.17) is 0 Å². The average molecular weight is 1410 g/mol. The van der Waals surface area contributed by atoms with Crippen molar-refractivity contribution >= 4 is 51.2 Å². The third-order valence-electron chi connectivity index (χ3n) is 16.2. The number of carbonyl (C=O) groups excluding carboxylic acids is 4. The number of aliphatic hydroxyl groups is 4. The van der Waals surface area contributed by atoms with Crippen molar-refractivity contribution in [1.82, 2.24) is 0 Å². The van der Waals surface area contributed by atoms with Crippen molar-refractivity contribution in [3.05, 3.63) is 0 Å². The average Bonchev–Trinajstić information content (AvgIpc) is 3.45. The maximum absolute atomic E-state index is 10.2. The molecule has 4 N–H and O–H groups in total. The Balaban J connectivity index is -0.000000333. The topological polar surface area (TPSA) is 241 Å². The molecule has 0 aromatic rings. The number of unbranched alkanes of at least 4 members (excludes halogenated alkanes) is 40. The van der Waals surface area contributed by atoms with E-state index in [9.17, 15) is 60.0 Å². The predicted octanol–water partition coefficient (Wildman–Crippen LogP) is 15.5. The van der Waals surface area contributed by atoms with Gasteiger partial charge in [-0.3, -0.25) is 0 Å². The summed E-state index contributed by atoms with van der Waals surface area (Å²) in [7, 11) is 0. The van der Waals surface area contributed by atoms with Gasteiger partial charge in [-0.15, -0.1) is 0 Å². The third kappa shape index (κ3) is 96.5. The summed E-state index contributed by atoms with van der Waals surface area (Å²) in [6.45, 7) is 8.99. The Kier molecular flexibility index (Phi) is 87.6. The molecule has 13 heteroatoms. The van der Waals surface area contributed by atoms with Crippen LogP contribution in [0.4, 0.5) is 0 Å². The summed E-state index contributed by atoms with van der Waals surface area (Å²) < 4.78 is 0. The molecular weight excluding hydrogens is 1260 g/mol. The van der Waals surface area contributed by atoms with Crippen molar-refractivity contribution in [2.75, 3.05) is 0 Å². The zero-order chi connectivity index (χ0) is 63.0. The number of carbonyl (C=O) groups is 4. The van der Waals surface area contributed by atoms with Crippen LogP contribution in [0.5, 0.6) is 0 Å². The first-order chi connectivity index (χ1) is 40.7. The van der Waals surface area contributed by atoms with E-state index in [1.807, 2.05) is 0 Å². The van der Waals surface area contributed by atoms with Crippen LogP contribution < -0.4 is 20.4 Å². The van der Waals surface area contributed by atoms with Crippen LogP contribution in [-0.4, -0.2) is 96.0 Å². The van der Waals surface area contributed by atoms with Crippen LogP contribution in [0, 0.1) is 0 Å². The van der Waals surface area contributed by atoms with E-state index in [-0.39, 0.29) is 77.4 Å². The van der Waals surface area contributed by atoms with Gasteiger partial charge in [0, 0.05) is 51.2 Å². The Morgan fingerprint density at radius 2 is 0.318 bits per heavy atom. The van der Waals surface area contributed by atoms with Gasteiger partial charge in [-0.1, -0.05) is 310 Å². The molecule has 12 nitrogen and oxygen atoms in total. The number of carboxylic acids is 4. The normalized spacial score (nSPS) is 12.3. The monoisotopic (exact) mass is 1410 g/mol. The summed E-state index contributed by atoms with van der Waals surface area (Å²) in [5.74, 6) is -3.95. The summed E-state index contributed by atoms with van der Waals surface area (Å²) in [5, 5.41) is 80.1. The second-order valence-electron chi connectivity index (χ2n) is 25.0. The summed E-state index contributed by atoms with van der Waals surface area (Å²) >= 11 is 0. The third-order valence-corrected chi connectivity index (χ3v) is 16.2. The number of hydrogen-bond acceptors (Lipinski definition) is 12. The molecular formula is C72H140O12Pb-4. The molecule has 4 radical (unpaired) electrons. The van der Waals surface area contributed by atoms with Crippen LogP contribution in [0.25, 0.3) is 0 Å². The van der Waals surface area contributed by atoms with E-state index >= 15 is 0 Å². The molecule has 0 aliphatic rings. The molecule has 0 saturated carbocycles. The fraction of sp³-hybridized carbons (Fsp3) is 0.944. The predicted molar refractivity (Wildman–Crippen MR) is 350 cm³/mol. The zero-order valence-electron chi connectivity index (χ0n) is 56.3. The summed E-state index contributed by atoms with van der Waals surface area (Å²) in [6.07, 6.45) is 63.9. The summed E-state index contributed by atoms with van der Waals surface area (Å²) in [4.78, 5) is 41.0. The van der Waals surface area contributed by atoms with Crippen molar-refractivity contribution in [2.24, 2.45) is 0 Å². The van der Waals surface area contributed by atoms with E-state index in [0.717, 1.165) is 103 Å². The molecule has 0 saturated heterocycles. The van der Waals surface area contributed by atoms with Crippen molar-refractivity contribution in [1.29, 1.82) is 0 Å². The van der Waals surface area contributed by atoms with E-state index < -0.39 is 23.9 Å². The molecule has 0 fully saturated rings. The summed E-state index contributed by atoms with van der Waals surface area (Å²) in [5.41, 5.74) is 0. The molecule has 85 heavy (non-hydrogen) atoms. The standard InChI is InChI=1S/4C18H36O3.Pb/c4*1-2-3-4-5-6-7-8-9-10-11-14-17(19)15-12-13-16-18(20)21;/h4*17,19H,2-16H2,1H3,(H,20,21);/p-4. The van der Waals surface area contributed by atoms with Gasteiger partial charge in [0.05, 0.1) is 24.4 Å². The van der Waals surface area contributed by atoms with Crippen LogP contribution >= 0.6 is 0 Å². The quantitative estimate of drug-likeness (QED) is 0.0328. The Labute approximate surface area is 545 Å². The molecule has 0 aliphatic carbocycles. The van der Waals surface area contributed by atoms with Gasteiger partial charge in [-0.2, -0.15) is 0 Å². The van der Waals surface area contributed by atoms with E-state index in [0.29, 0.717) is 25.7 Å². The molecule has 0 heterocycles. The maximum Gasteiger partial charge on any atom is 0.0540 e. The van der Waals surface area contributed by atoms with Crippen LogP contribution in [0.2, 0.25) is 0 Å². The van der Waals surface area contributed by atoms with Gasteiger partial charge < -0.3 is 60.0 Å². The second-order valence-corrected chi connectivity index (χ2v) is 25.0. The van der Waals surface area contributed by atoms with Crippen LogP contribution in [-0.2, 0) is 19.2 Å². The van der Waals surface area contributed by atoms with Gasteiger partial charge >= 0.3 is 0 Å². The molecule has 4 atom stereocenters. The number of rotatable bonds is 64. The fourth-order valence-electron chi connectivity index (χ4n) is 10.6. The van der Waals surface area contributed by atoms with Crippen molar-refractivity contribution in [3.63, 3.8) is 0 Å². The Morgan fingerprint density at radius 1 is 0.212 bits per heavy atom. The largest absolute Gasteiger partial charge is 0.550 e. The van der Waals surface area contributed by atoms with Gasteiger partial charge in [0.2, 0.25) is 0 Å². The van der Waals surface area contributed by atoms with Crippen LogP contribution in [0.1, 0.15) is 413 Å². The van der Waals surface area contributed by atoms with Gasteiger partial charge in [0.15, 0.2) is 0 Å². The Hall–Kier alpha value is -1.36. The van der Waals surface area contributed by atoms with Crippen molar-refractivity contribution in [2.45, 2.75) is 437 Å². The van der Waals surface area contributed by atoms with Crippen molar-refractivity contribution in [3.8, 4) is 0 Å². The van der Waals surface area contributed by atoms with Gasteiger partial charge in [0.25, 0.3) is 0 Å². The Morgan fingerprint density at radius 3 is 0.435 bits per heavy atom. The second kappa shape index (κ2) is 80.7. The Bertz CT molecular complexity index is 1110. The first kappa shape index (κ1) is 92.4. The summed E-state index contributed by atoms with van der Waals surface area (Å²) in [6, 6.07) is 0. The molecule has 0 bridgehead atoms. The van der Waals surface area contributed by atoms with Gasteiger partial charge in [-0.05, 0) is 103 Å². The minimum Gasteiger partial charge on any atom is -0.550 e.